The Bertz CT molecular complexity index is 887. The van der Waals surface area contributed by atoms with Gasteiger partial charge in [-0.25, -0.2) is 4.90 Å². The first-order chi connectivity index (χ1) is 13.4. The Kier molecular flexibility index (Phi) is 6.16. The molecular formula is C20H20ClN3O3S. The van der Waals surface area contributed by atoms with Gasteiger partial charge in [-0.05, 0) is 54.2 Å². The highest BCUT2D eigenvalue weighted by Crippen LogP contribution is 2.28. The highest BCUT2D eigenvalue weighted by atomic mass is 35.5. The Morgan fingerprint density at radius 1 is 1.21 bits per heavy atom. The van der Waals surface area contributed by atoms with Crippen LogP contribution in [0.15, 0.2) is 48.5 Å². The number of carbonyl (C=O) groups is 2. The number of hydrogen-bond donors (Lipinski definition) is 1. The summed E-state index contributed by atoms with van der Waals surface area (Å²) in [6.45, 7) is 0.386. The minimum absolute atomic E-state index is 0.0558. The maximum absolute atomic E-state index is 13.1. The third-order valence-electron chi connectivity index (χ3n) is 4.57. The molecule has 2 aromatic carbocycles. The predicted molar refractivity (Wildman–Crippen MR) is 113 cm³/mol. The standard InChI is InChI=1S/C20H20ClN3O3S/c1-22-20(28)23(12-13-3-5-14(21)6-4-13)17-11-18(25)24(19(17)26)15-7-9-16(27-2)10-8-15/h3-10,17H,11-12H2,1-2H3,(H,22,28)/t17-/m0/s1. The van der Waals surface area contributed by atoms with Gasteiger partial charge in [-0.3, -0.25) is 9.59 Å². The van der Waals surface area contributed by atoms with Crippen molar-refractivity contribution in [1.29, 1.82) is 0 Å². The first kappa shape index (κ1) is 20.1. The molecule has 0 aliphatic carbocycles. The Morgan fingerprint density at radius 3 is 2.43 bits per heavy atom. The largest absolute Gasteiger partial charge is 0.497 e. The van der Waals surface area contributed by atoms with Gasteiger partial charge in [0.25, 0.3) is 5.91 Å². The number of nitrogens with one attached hydrogen (secondary N) is 1. The zero-order valence-electron chi connectivity index (χ0n) is 15.5. The smallest absolute Gasteiger partial charge is 0.257 e. The van der Waals surface area contributed by atoms with E-state index in [2.05, 4.69) is 5.32 Å². The number of nitrogens with zero attached hydrogens (tertiary/aromatic N) is 2. The number of halogens is 1. The highest BCUT2D eigenvalue weighted by Gasteiger charge is 2.43. The van der Waals surface area contributed by atoms with Gasteiger partial charge in [0.15, 0.2) is 5.11 Å². The Balaban J connectivity index is 1.86. The highest BCUT2D eigenvalue weighted by molar-refractivity contribution is 7.80. The van der Waals surface area contributed by atoms with E-state index in [-0.39, 0.29) is 18.2 Å². The number of amides is 2. The van der Waals surface area contributed by atoms with E-state index in [1.165, 1.54) is 4.90 Å². The second kappa shape index (κ2) is 8.58. The van der Waals surface area contributed by atoms with Gasteiger partial charge in [0.1, 0.15) is 11.8 Å². The average molecular weight is 418 g/mol. The Morgan fingerprint density at radius 2 is 1.86 bits per heavy atom. The molecule has 0 spiro atoms. The number of ether oxygens (including phenoxy) is 1. The van der Waals surface area contributed by atoms with Crippen molar-refractivity contribution in [2.24, 2.45) is 0 Å². The van der Waals surface area contributed by atoms with Crippen molar-refractivity contribution in [3.8, 4) is 5.75 Å². The summed E-state index contributed by atoms with van der Waals surface area (Å²) in [6.07, 6.45) is 0.0558. The zero-order chi connectivity index (χ0) is 20.3. The second-order valence-corrected chi connectivity index (χ2v) is 7.12. The van der Waals surface area contributed by atoms with Gasteiger partial charge >= 0.3 is 0 Å². The van der Waals surface area contributed by atoms with Crippen molar-refractivity contribution in [2.45, 2.75) is 19.0 Å². The molecular weight excluding hydrogens is 398 g/mol. The van der Waals surface area contributed by atoms with Gasteiger partial charge in [-0.15, -0.1) is 0 Å². The van der Waals surface area contributed by atoms with Crippen LogP contribution < -0.4 is 15.0 Å². The summed E-state index contributed by atoms with van der Waals surface area (Å²) in [5.41, 5.74) is 1.45. The summed E-state index contributed by atoms with van der Waals surface area (Å²) >= 11 is 11.4. The Hall–Kier alpha value is -2.64. The molecule has 28 heavy (non-hydrogen) atoms. The lowest BCUT2D eigenvalue weighted by Gasteiger charge is -2.29. The molecule has 0 unspecified atom stereocenters. The average Bonchev–Trinajstić information content (AvgIpc) is 3.01. The molecule has 0 aromatic heterocycles. The first-order valence-electron chi connectivity index (χ1n) is 8.68. The van der Waals surface area contributed by atoms with Gasteiger partial charge < -0.3 is 15.0 Å². The molecule has 0 saturated carbocycles. The third kappa shape index (κ3) is 4.10. The first-order valence-corrected chi connectivity index (χ1v) is 9.47. The van der Waals surface area contributed by atoms with E-state index in [0.29, 0.717) is 28.1 Å². The zero-order valence-corrected chi connectivity index (χ0v) is 17.1. The molecule has 146 valence electrons. The molecule has 1 N–H and O–H groups in total. The monoisotopic (exact) mass is 417 g/mol. The van der Waals surface area contributed by atoms with Crippen LogP contribution in [0, 0.1) is 0 Å². The van der Waals surface area contributed by atoms with Crippen molar-refractivity contribution < 1.29 is 14.3 Å². The molecule has 1 aliphatic rings. The lowest BCUT2D eigenvalue weighted by atomic mass is 10.1. The van der Waals surface area contributed by atoms with Crippen LogP contribution in [0.4, 0.5) is 5.69 Å². The number of benzene rings is 2. The van der Waals surface area contributed by atoms with Crippen molar-refractivity contribution in [3.05, 3.63) is 59.1 Å². The summed E-state index contributed by atoms with van der Waals surface area (Å²) in [6, 6.07) is 13.4. The minimum Gasteiger partial charge on any atom is -0.497 e. The van der Waals surface area contributed by atoms with Crippen LogP contribution >= 0.6 is 23.8 Å². The summed E-state index contributed by atoms with van der Waals surface area (Å²) < 4.78 is 5.13. The van der Waals surface area contributed by atoms with E-state index in [1.54, 1.807) is 55.5 Å². The number of methoxy groups -OCH3 is 1. The SMILES string of the molecule is CNC(=S)N(Cc1ccc(Cl)cc1)[C@H]1CC(=O)N(c2ccc(OC)cc2)C1=O. The second-order valence-electron chi connectivity index (χ2n) is 6.29. The van der Waals surface area contributed by atoms with Crippen molar-refractivity contribution in [3.63, 3.8) is 0 Å². The van der Waals surface area contributed by atoms with E-state index >= 15 is 0 Å². The number of carbonyl (C=O) groups excluding carboxylic acids is 2. The fraction of sp³-hybridized carbons (Fsp3) is 0.250. The van der Waals surface area contributed by atoms with Crippen LogP contribution in [0.5, 0.6) is 5.75 Å². The quantitative estimate of drug-likeness (QED) is 0.596. The molecule has 0 radical (unpaired) electrons. The van der Waals surface area contributed by atoms with E-state index in [1.807, 2.05) is 12.1 Å². The number of rotatable bonds is 5. The topological polar surface area (TPSA) is 61.9 Å². The molecule has 1 atom stereocenters. The number of hydrogen-bond acceptors (Lipinski definition) is 4. The summed E-state index contributed by atoms with van der Waals surface area (Å²) in [4.78, 5) is 28.7. The summed E-state index contributed by atoms with van der Waals surface area (Å²) in [5.74, 6) is 0.0852. The molecule has 1 heterocycles. The van der Waals surface area contributed by atoms with E-state index in [0.717, 1.165) is 5.56 Å². The van der Waals surface area contributed by atoms with Gasteiger partial charge in [0, 0.05) is 18.6 Å². The number of imide groups is 1. The fourth-order valence-electron chi connectivity index (χ4n) is 3.12. The lowest BCUT2D eigenvalue weighted by molar-refractivity contribution is -0.122. The van der Waals surface area contributed by atoms with Gasteiger partial charge in [0.05, 0.1) is 19.2 Å². The van der Waals surface area contributed by atoms with Gasteiger partial charge in [0.2, 0.25) is 5.91 Å². The van der Waals surface area contributed by atoms with Crippen LogP contribution in [0.1, 0.15) is 12.0 Å². The molecule has 6 nitrogen and oxygen atoms in total. The molecule has 2 amide bonds. The van der Waals surface area contributed by atoms with E-state index in [4.69, 9.17) is 28.6 Å². The molecule has 8 heteroatoms. The van der Waals surface area contributed by atoms with Crippen LogP contribution in [0.3, 0.4) is 0 Å². The molecule has 1 aliphatic heterocycles. The van der Waals surface area contributed by atoms with Crippen molar-refractivity contribution >= 4 is 46.4 Å². The molecule has 2 aromatic rings. The lowest BCUT2D eigenvalue weighted by Crippen LogP contribution is -2.48. The molecule has 3 rings (SSSR count). The fourth-order valence-corrected chi connectivity index (χ4v) is 3.43. The predicted octanol–water partition coefficient (Wildman–Crippen LogP) is 2.99. The van der Waals surface area contributed by atoms with E-state index in [9.17, 15) is 9.59 Å². The number of anilines is 1. The Labute approximate surface area is 174 Å². The number of thiocarbonyl (C=S) groups is 1. The molecule has 1 saturated heterocycles. The molecule has 0 bridgehead atoms. The van der Waals surface area contributed by atoms with Crippen LogP contribution in [-0.2, 0) is 16.1 Å². The van der Waals surface area contributed by atoms with Gasteiger partial charge in [-0.1, -0.05) is 23.7 Å². The normalized spacial score (nSPS) is 16.2. The van der Waals surface area contributed by atoms with E-state index < -0.39 is 6.04 Å². The van der Waals surface area contributed by atoms with Gasteiger partial charge in [-0.2, -0.15) is 0 Å². The maximum Gasteiger partial charge on any atom is 0.257 e. The van der Waals surface area contributed by atoms with Crippen LogP contribution in [-0.4, -0.2) is 42.0 Å². The van der Waals surface area contributed by atoms with Crippen LogP contribution in [0.25, 0.3) is 0 Å². The summed E-state index contributed by atoms with van der Waals surface area (Å²) in [5, 5.41) is 3.94. The van der Waals surface area contributed by atoms with Crippen molar-refractivity contribution in [2.75, 3.05) is 19.1 Å². The molecule has 1 fully saturated rings. The van der Waals surface area contributed by atoms with Crippen molar-refractivity contribution in [1.82, 2.24) is 10.2 Å². The minimum atomic E-state index is -0.676. The van der Waals surface area contributed by atoms with Crippen LogP contribution in [0.2, 0.25) is 5.02 Å². The summed E-state index contributed by atoms with van der Waals surface area (Å²) in [7, 11) is 3.25. The maximum atomic E-state index is 13.1. The third-order valence-corrected chi connectivity index (χ3v) is 5.26.